The molecule has 0 radical (unpaired) electrons. The third-order valence-corrected chi connectivity index (χ3v) is 5.48. The molecular weight excluding hydrogens is 306 g/mol. The molecule has 1 heterocycles. The summed E-state index contributed by atoms with van der Waals surface area (Å²) in [5.74, 6) is 0.876. The first-order valence-electron chi connectivity index (χ1n) is 8.62. The van der Waals surface area contributed by atoms with Gasteiger partial charge in [0.15, 0.2) is 0 Å². The van der Waals surface area contributed by atoms with E-state index in [1.165, 1.54) is 0 Å². The maximum absolute atomic E-state index is 12.5. The van der Waals surface area contributed by atoms with E-state index in [4.69, 9.17) is 9.47 Å². The summed E-state index contributed by atoms with van der Waals surface area (Å²) < 4.78 is 10.4. The van der Waals surface area contributed by atoms with Gasteiger partial charge in [0.05, 0.1) is 25.2 Å². The lowest BCUT2D eigenvalue weighted by Crippen LogP contribution is -2.32. The predicted molar refractivity (Wildman–Crippen MR) is 89.5 cm³/mol. The topological polar surface area (TPSA) is 55.8 Å². The van der Waals surface area contributed by atoms with Crippen molar-refractivity contribution in [3.8, 4) is 5.75 Å². The molecule has 0 spiro atoms. The first-order chi connectivity index (χ1) is 11.5. The quantitative estimate of drug-likeness (QED) is 0.752. The molecule has 2 fully saturated rings. The highest BCUT2D eigenvalue weighted by Crippen LogP contribution is 2.56. The van der Waals surface area contributed by atoms with Crippen molar-refractivity contribution >= 4 is 11.9 Å². The van der Waals surface area contributed by atoms with Gasteiger partial charge < -0.3 is 14.4 Å². The van der Waals surface area contributed by atoms with Gasteiger partial charge in [-0.2, -0.15) is 0 Å². The number of carbonyl (C=O) groups is 2. The molecule has 1 amide bonds. The third-order valence-electron chi connectivity index (χ3n) is 5.48. The largest absolute Gasteiger partial charge is 0.497 e. The molecular formula is C19H25NO4. The molecule has 1 aromatic rings. The zero-order valence-corrected chi connectivity index (χ0v) is 14.6. The summed E-state index contributed by atoms with van der Waals surface area (Å²) >= 11 is 0. The minimum atomic E-state index is -0.417. The monoisotopic (exact) mass is 331 g/mol. The number of rotatable bonds is 6. The zero-order chi connectivity index (χ0) is 17.3. The van der Waals surface area contributed by atoms with E-state index in [0.29, 0.717) is 19.6 Å². The lowest BCUT2D eigenvalue weighted by molar-refractivity contribution is -0.151. The van der Waals surface area contributed by atoms with Crippen molar-refractivity contribution in [2.75, 3.05) is 20.3 Å². The Hall–Kier alpha value is -2.04. The van der Waals surface area contributed by atoms with Gasteiger partial charge in [-0.1, -0.05) is 12.1 Å². The van der Waals surface area contributed by atoms with Crippen LogP contribution in [0, 0.1) is 11.3 Å². The van der Waals surface area contributed by atoms with E-state index < -0.39 is 5.41 Å². The van der Waals surface area contributed by atoms with Crippen LogP contribution in [0.15, 0.2) is 24.3 Å². The molecule has 0 N–H and O–H groups in total. The lowest BCUT2D eigenvalue weighted by atomic mass is 9.88. The number of hydrogen-bond acceptors (Lipinski definition) is 4. The van der Waals surface area contributed by atoms with E-state index in [2.05, 4.69) is 0 Å². The summed E-state index contributed by atoms with van der Waals surface area (Å²) in [6, 6.07) is 7.78. The Labute approximate surface area is 142 Å². The Morgan fingerprint density at radius 1 is 1.33 bits per heavy atom. The van der Waals surface area contributed by atoms with E-state index in [1.807, 2.05) is 43.0 Å². The van der Waals surface area contributed by atoms with Crippen LogP contribution in [-0.4, -0.2) is 37.0 Å². The molecule has 1 saturated heterocycles. The Balaban J connectivity index is 1.71. The van der Waals surface area contributed by atoms with Crippen molar-refractivity contribution in [3.05, 3.63) is 29.8 Å². The fourth-order valence-electron chi connectivity index (χ4n) is 3.73. The number of esters is 1. The normalized spacial score (nSPS) is 23.0. The molecule has 0 bridgehead atoms. The Bertz CT molecular complexity index is 621. The highest BCUT2D eigenvalue weighted by atomic mass is 16.5. The first-order valence-corrected chi connectivity index (χ1v) is 8.62. The molecule has 0 aromatic heterocycles. The molecule has 1 aromatic carbocycles. The number of ether oxygens (including phenoxy) is 2. The van der Waals surface area contributed by atoms with Crippen molar-refractivity contribution in [1.29, 1.82) is 0 Å². The van der Waals surface area contributed by atoms with Gasteiger partial charge in [0.25, 0.3) is 0 Å². The van der Waals surface area contributed by atoms with E-state index in [0.717, 1.165) is 24.2 Å². The van der Waals surface area contributed by atoms with E-state index in [1.54, 1.807) is 7.11 Å². The van der Waals surface area contributed by atoms with Gasteiger partial charge in [0, 0.05) is 18.9 Å². The fourth-order valence-corrected chi connectivity index (χ4v) is 3.73. The summed E-state index contributed by atoms with van der Waals surface area (Å²) in [6.07, 6.45) is 2.13. The number of amides is 1. The van der Waals surface area contributed by atoms with Crippen LogP contribution in [0.4, 0.5) is 0 Å². The smallest absolute Gasteiger partial charge is 0.312 e. The minimum absolute atomic E-state index is 0.00796. The molecule has 5 nitrogen and oxygen atoms in total. The number of benzene rings is 1. The van der Waals surface area contributed by atoms with Crippen LogP contribution in [0.25, 0.3) is 0 Å². The molecule has 2 atom stereocenters. The molecule has 3 rings (SSSR count). The maximum atomic E-state index is 12.5. The second-order valence-corrected chi connectivity index (χ2v) is 6.77. The summed E-state index contributed by atoms with van der Waals surface area (Å²) in [6.45, 7) is 4.88. The second kappa shape index (κ2) is 6.46. The minimum Gasteiger partial charge on any atom is -0.497 e. The molecule has 1 aliphatic heterocycles. The molecule has 2 aliphatic rings. The Kier molecular flexibility index (Phi) is 4.52. The summed E-state index contributed by atoms with van der Waals surface area (Å²) in [7, 11) is 1.64. The molecule has 0 unspecified atom stereocenters. The zero-order valence-electron chi connectivity index (χ0n) is 14.6. The maximum Gasteiger partial charge on any atom is 0.312 e. The van der Waals surface area contributed by atoms with Crippen LogP contribution < -0.4 is 4.74 Å². The van der Waals surface area contributed by atoms with Crippen molar-refractivity contribution in [1.82, 2.24) is 4.90 Å². The molecule has 130 valence electrons. The van der Waals surface area contributed by atoms with Crippen LogP contribution >= 0.6 is 0 Å². The standard InChI is InChI=1S/C19H25NO4/c1-4-24-18(22)19(9-10-19)15-11-17(21)20(12-15)13(2)14-5-7-16(23-3)8-6-14/h5-8,13,15H,4,9-12H2,1-3H3/t13-,15-/m1/s1. The van der Waals surface area contributed by atoms with E-state index in [9.17, 15) is 9.59 Å². The number of likely N-dealkylation sites (tertiary alicyclic amines) is 1. The van der Waals surface area contributed by atoms with Crippen molar-refractivity contribution < 1.29 is 19.1 Å². The molecule has 1 aliphatic carbocycles. The summed E-state index contributed by atoms with van der Waals surface area (Å²) in [5.41, 5.74) is 0.658. The summed E-state index contributed by atoms with van der Waals surface area (Å²) in [4.78, 5) is 26.7. The van der Waals surface area contributed by atoms with Crippen molar-refractivity contribution in [3.63, 3.8) is 0 Å². The highest BCUT2D eigenvalue weighted by Gasteiger charge is 2.59. The molecule has 1 saturated carbocycles. The highest BCUT2D eigenvalue weighted by molar-refractivity contribution is 5.85. The number of nitrogens with zero attached hydrogens (tertiary/aromatic N) is 1. The average molecular weight is 331 g/mol. The third kappa shape index (κ3) is 2.87. The van der Waals surface area contributed by atoms with Crippen LogP contribution in [0.3, 0.4) is 0 Å². The van der Waals surface area contributed by atoms with Crippen molar-refractivity contribution in [2.24, 2.45) is 11.3 Å². The molecule has 24 heavy (non-hydrogen) atoms. The van der Waals surface area contributed by atoms with Gasteiger partial charge in [-0.15, -0.1) is 0 Å². The molecule has 5 heteroatoms. The van der Waals surface area contributed by atoms with E-state index in [-0.39, 0.29) is 23.8 Å². The SMILES string of the molecule is CCOC(=O)C1([C@@H]2CC(=O)N([C@H](C)c3ccc(OC)cc3)C2)CC1. The predicted octanol–water partition coefficient (Wildman–Crippen LogP) is 2.95. The number of carbonyl (C=O) groups excluding carboxylic acids is 2. The van der Waals surface area contributed by atoms with Gasteiger partial charge in [0.1, 0.15) is 5.75 Å². The average Bonchev–Trinajstić information content (AvgIpc) is 3.32. The van der Waals surface area contributed by atoms with Gasteiger partial charge in [-0.3, -0.25) is 9.59 Å². The first kappa shape index (κ1) is 16.8. The number of hydrogen-bond donors (Lipinski definition) is 0. The summed E-state index contributed by atoms with van der Waals surface area (Å²) in [5, 5.41) is 0. The Morgan fingerprint density at radius 3 is 2.54 bits per heavy atom. The van der Waals surface area contributed by atoms with Crippen LogP contribution in [0.1, 0.15) is 44.7 Å². The van der Waals surface area contributed by atoms with Crippen LogP contribution in [-0.2, 0) is 14.3 Å². The van der Waals surface area contributed by atoms with Crippen molar-refractivity contribution in [2.45, 2.75) is 39.2 Å². The van der Waals surface area contributed by atoms with Crippen LogP contribution in [0.5, 0.6) is 5.75 Å². The lowest BCUT2D eigenvalue weighted by Gasteiger charge is -2.27. The van der Waals surface area contributed by atoms with Gasteiger partial charge in [-0.05, 0) is 44.4 Å². The number of methoxy groups -OCH3 is 1. The van der Waals surface area contributed by atoms with Gasteiger partial charge in [-0.25, -0.2) is 0 Å². The van der Waals surface area contributed by atoms with E-state index >= 15 is 0 Å². The fraction of sp³-hybridized carbons (Fsp3) is 0.579. The Morgan fingerprint density at radius 2 is 2.00 bits per heavy atom. The van der Waals surface area contributed by atoms with Gasteiger partial charge >= 0.3 is 5.97 Å². The van der Waals surface area contributed by atoms with Gasteiger partial charge in [0.2, 0.25) is 5.91 Å². The second-order valence-electron chi connectivity index (χ2n) is 6.77. The van der Waals surface area contributed by atoms with Crippen LogP contribution in [0.2, 0.25) is 0 Å².